The molecule has 0 aliphatic heterocycles. The van der Waals surface area contributed by atoms with E-state index in [4.69, 9.17) is 10.5 Å². The summed E-state index contributed by atoms with van der Waals surface area (Å²) in [6.07, 6.45) is 2.03. The summed E-state index contributed by atoms with van der Waals surface area (Å²) in [4.78, 5) is 11.9. The highest BCUT2D eigenvalue weighted by Gasteiger charge is 2.07. The van der Waals surface area contributed by atoms with Crippen molar-refractivity contribution in [3.05, 3.63) is 41.7 Å². The van der Waals surface area contributed by atoms with Crippen molar-refractivity contribution in [3.8, 4) is 5.75 Å². The number of carbonyl (C=O) groups is 1. The Balaban J connectivity index is 1.96. The van der Waals surface area contributed by atoms with Gasteiger partial charge in [-0.25, -0.2) is 4.68 Å². The third-order valence-corrected chi connectivity index (χ3v) is 2.67. The van der Waals surface area contributed by atoms with E-state index in [0.717, 1.165) is 11.3 Å². The van der Waals surface area contributed by atoms with E-state index in [1.807, 2.05) is 24.3 Å². The smallest absolute Gasteiger partial charge is 0.158 e. The number of methoxy groups -OCH3 is 1. The van der Waals surface area contributed by atoms with Crippen molar-refractivity contribution >= 4 is 5.78 Å². The van der Waals surface area contributed by atoms with Gasteiger partial charge in [0.1, 0.15) is 12.3 Å². The second-order valence-corrected chi connectivity index (χ2v) is 4.18. The van der Waals surface area contributed by atoms with Gasteiger partial charge in [0, 0.05) is 13.0 Å². The zero-order valence-corrected chi connectivity index (χ0v) is 10.7. The van der Waals surface area contributed by atoms with Crippen LogP contribution in [0.15, 0.2) is 30.5 Å². The fourth-order valence-corrected chi connectivity index (χ4v) is 1.76. The number of carbonyl (C=O) groups excluding carboxylic acids is 1. The molecular weight excluding hydrogens is 244 g/mol. The zero-order chi connectivity index (χ0) is 13.7. The molecule has 2 rings (SSSR count). The molecule has 2 aromatic rings. The molecule has 0 saturated heterocycles. The molecule has 0 bridgehead atoms. The van der Waals surface area contributed by atoms with Gasteiger partial charge in [-0.2, -0.15) is 0 Å². The predicted molar refractivity (Wildman–Crippen MR) is 69.6 cm³/mol. The molecule has 6 heteroatoms. The van der Waals surface area contributed by atoms with Crippen molar-refractivity contribution < 1.29 is 9.53 Å². The maximum atomic E-state index is 11.9. The van der Waals surface area contributed by atoms with Gasteiger partial charge >= 0.3 is 0 Å². The first-order valence-electron chi connectivity index (χ1n) is 5.95. The number of benzene rings is 1. The summed E-state index contributed by atoms with van der Waals surface area (Å²) < 4.78 is 6.62. The van der Waals surface area contributed by atoms with E-state index < -0.39 is 0 Å². The number of Topliss-reactive ketones (excluding diaryl/α,β-unsaturated/α-hetero) is 1. The number of nitrogens with zero attached hydrogens (tertiary/aromatic N) is 3. The molecule has 0 fully saturated rings. The average molecular weight is 260 g/mol. The van der Waals surface area contributed by atoms with Crippen LogP contribution >= 0.6 is 0 Å². The predicted octanol–water partition coefficient (Wildman–Crippen LogP) is 0.557. The van der Waals surface area contributed by atoms with Crippen LogP contribution in [0.1, 0.15) is 11.3 Å². The second-order valence-electron chi connectivity index (χ2n) is 4.18. The highest BCUT2D eigenvalue weighted by molar-refractivity contribution is 5.80. The Hall–Kier alpha value is -2.21. The lowest BCUT2D eigenvalue weighted by atomic mass is 10.1. The van der Waals surface area contributed by atoms with Crippen molar-refractivity contribution in [2.24, 2.45) is 5.73 Å². The Morgan fingerprint density at radius 2 is 2.32 bits per heavy atom. The molecule has 2 N–H and O–H groups in total. The van der Waals surface area contributed by atoms with E-state index in [1.54, 1.807) is 13.3 Å². The molecule has 0 aliphatic rings. The van der Waals surface area contributed by atoms with E-state index in [2.05, 4.69) is 10.3 Å². The van der Waals surface area contributed by atoms with Crippen molar-refractivity contribution in [2.45, 2.75) is 19.5 Å². The molecule has 100 valence electrons. The third-order valence-electron chi connectivity index (χ3n) is 2.67. The lowest BCUT2D eigenvalue weighted by molar-refractivity contribution is -0.119. The highest BCUT2D eigenvalue weighted by atomic mass is 16.5. The summed E-state index contributed by atoms with van der Waals surface area (Å²) in [5.41, 5.74) is 7.03. The van der Waals surface area contributed by atoms with Crippen molar-refractivity contribution in [2.75, 3.05) is 7.11 Å². The number of rotatable bonds is 6. The largest absolute Gasteiger partial charge is 0.497 e. The van der Waals surface area contributed by atoms with E-state index >= 15 is 0 Å². The van der Waals surface area contributed by atoms with Crippen LogP contribution in [0.5, 0.6) is 5.75 Å². The van der Waals surface area contributed by atoms with Crippen LogP contribution in [0.4, 0.5) is 0 Å². The van der Waals surface area contributed by atoms with E-state index in [0.29, 0.717) is 18.7 Å². The first-order chi connectivity index (χ1) is 9.21. The minimum Gasteiger partial charge on any atom is -0.497 e. The second kappa shape index (κ2) is 6.10. The summed E-state index contributed by atoms with van der Waals surface area (Å²) in [5, 5.41) is 7.68. The standard InChI is InChI=1S/C13H16N4O2/c1-19-13-4-2-3-10(6-13)5-12(18)9-17-8-11(7-14)15-16-17/h2-4,6,8H,5,7,9,14H2,1H3. The molecule has 6 nitrogen and oxygen atoms in total. The molecule has 19 heavy (non-hydrogen) atoms. The van der Waals surface area contributed by atoms with E-state index in [-0.39, 0.29) is 12.3 Å². The molecule has 1 aromatic carbocycles. The minimum atomic E-state index is 0.0572. The summed E-state index contributed by atoms with van der Waals surface area (Å²) in [7, 11) is 1.60. The van der Waals surface area contributed by atoms with Crippen molar-refractivity contribution in [1.82, 2.24) is 15.0 Å². The Bertz CT molecular complexity index is 565. The summed E-state index contributed by atoms with van der Waals surface area (Å²) in [6, 6.07) is 7.46. The number of aromatic nitrogens is 3. The minimum absolute atomic E-state index is 0.0572. The quantitative estimate of drug-likeness (QED) is 0.820. The number of hydrogen-bond donors (Lipinski definition) is 1. The molecule has 0 aliphatic carbocycles. The molecule has 0 unspecified atom stereocenters. The van der Waals surface area contributed by atoms with Crippen LogP contribution in [0.3, 0.4) is 0 Å². The molecule has 1 heterocycles. The topological polar surface area (TPSA) is 83.0 Å². The maximum Gasteiger partial charge on any atom is 0.158 e. The fourth-order valence-electron chi connectivity index (χ4n) is 1.76. The lowest BCUT2D eigenvalue weighted by Crippen LogP contribution is -2.13. The van der Waals surface area contributed by atoms with Crippen LogP contribution in [0.25, 0.3) is 0 Å². The van der Waals surface area contributed by atoms with Crippen LogP contribution in [-0.2, 0) is 24.3 Å². The zero-order valence-electron chi connectivity index (χ0n) is 10.7. The van der Waals surface area contributed by atoms with Gasteiger partial charge in [0.05, 0.1) is 19.0 Å². The molecule has 0 atom stereocenters. The van der Waals surface area contributed by atoms with Gasteiger partial charge < -0.3 is 10.5 Å². The number of ketones is 1. The first-order valence-corrected chi connectivity index (χ1v) is 5.95. The first kappa shape index (κ1) is 13.2. The van der Waals surface area contributed by atoms with Gasteiger partial charge in [-0.3, -0.25) is 4.79 Å². The summed E-state index contributed by atoms with van der Waals surface area (Å²) >= 11 is 0. The van der Waals surface area contributed by atoms with E-state index in [9.17, 15) is 4.79 Å². The number of ether oxygens (including phenoxy) is 1. The van der Waals surface area contributed by atoms with Crippen LogP contribution in [0, 0.1) is 0 Å². The summed E-state index contributed by atoms with van der Waals surface area (Å²) in [5.74, 6) is 0.804. The number of nitrogens with two attached hydrogens (primary N) is 1. The van der Waals surface area contributed by atoms with Crippen LogP contribution in [0.2, 0.25) is 0 Å². The molecule has 1 aromatic heterocycles. The molecule has 0 radical (unpaired) electrons. The average Bonchev–Trinajstić information content (AvgIpc) is 2.86. The SMILES string of the molecule is COc1cccc(CC(=O)Cn2cc(CN)nn2)c1. The van der Waals surface area contributed by atoms with Gasteiger partial charge in [0.15, 0.2) is 5.78 Å². The Morgan fingerprint density at radius 1 is 1.47 bits per heavy atom. The van der Waals surface area contributed by atoms with Gasteiger partial charge in [-0.1, -0.05) is 17.3 Å². The third kappa shape index (κ3) is 3.62. The fraction of sp³-hybridized carbons (Fsp3) is 0.308. The van der Waals surface area contributed by atoms with Gasteiger partial charge in [0.25, 0.3) is 0 Å². The van der Waals surface area contributed by atoms with Gasteiger partial charge in [-0.05, 0) is 17.7 Å². The van der Waals surface area contributed by atoms with Gasteiger partial charge in [-0.15, -0.1) is 5.10 Å². The Morgan fingerprint density at radius 3 is 3.00 bits per heavy atom. The Labute approximate surface area is 111 Å². The molecular formula is C13H16N4O2. The Kier molecular flexibility index (Phi) is 4.25. The summed E-state index contributed by atoms with van der Waals surface area (Å²) in [6.45, 7) is 0.522. The molecule has 0 spiro atoms. The maximum absolute atomic E-state index is 11.9. The lowest BCUT2D eigenvalue weighted by Gasteiger charge is -2.04. The van der Waals surface area contributed by atoms with Gasteiger partial charge in [0.2, 0.25) is 0 Å². The highest BCUT2D eigenvalue weighted by Crippen LogP contribution is 2.13. The monoisotopic (exact) mass is 260 g/mol. The normalized spacial score (nSPS) is 10.4. The molecule has 0 saturated carbocycles. The number of hydrogen-bond acceptors (Lipinski definition) is 5. The van der Waals surface area contributed by atoms with Crippen molar-refractivity contribution in [1.29, 1.82) is 0 Å². The van der Waals surface area contributed by atoms with E-state index in [1.165, 1.54) is 4.68 Å². The van der Waals surface area contributed by atoms with Crippen LogP contribution < -0.4 is 10.5 Å². The van der Waals surface area contributed by atoms with Crippen LogP contribution in [-0.4, -0.2) is 27.9 Å². The van der Waals surface area contributed by atoms with Crippen molar-refractivity contribution in [3.63, 3.8) is 0 Å². The molecule has 0 amide bonds.